The monoisotopic (exact) mass is 262 g/mol. The predicted molar refractivity (Wildman–Crippen MR) is 70.9 cm³/mol. The zero-order valence-corrected chi connectivity index (χ0v) is 10.7. The van der Waals surface area contributed by atoms with Crippen LogP contribution in [0, 0.1) is 5.92 Å². The minimum atomic E-state index is -0.0794. The maximum atomic E-state index is 11.9. The van der Waals surface area contributed by atoms with Crippen molar-refractivity contribution in [2.45, 2.75) is 19.4 Å². The van der Waals surface area contributed by atoms with Crippen molar-refractivity contribution in [3.8, 4) is 0 Å². The highest BCUT2D eigenvalue weighted by Gasteiger charge is 2.20. The Morgan fingerprint density at radius 1 is 1.44 bits per heavy atom. The zero-order chi connectivity index (χ0) is 12.4. The molecule has 0 atom stereocenters. The molecule has 0 aliphatic heterocycles. The van der Waals surface area contributed by atoms with Crippen LogP contribution in [0.1, 0.15) is 17.7 Å². The average molecular weight is 262 g/mol. The molecule has 0 aromatic carbocycles. The molecule has 1 N–H and O–H groups in total. The second-order valence-corrected chi connectivity index (χ2v) is 5.50. The summed E-state index contributed by atoms with van der Waals surface area (Å²) in [5, 5.41) is 7.42. The molecular weight excluding hydrogens is 248 g/mol. The van der Waals surface area contributed by atoms with E-state index in [9.17, 15) is 4.79 Å². The van der Waals surface area contributed by atoms with Gasteiger partial charge in [0.05, 0.1) is 23.9 Å². The number of nitrogens with zero attached hydrogens (tertiary/aromatic N) is 3. The molecule has 0 bridgehead atoms. The van der Waals surface area contributed by atoms with Crippen molar-refractivity contribution in [2.75, 3.05) is 11.9 Å². The van der Waals surface area contributed by atoms with Crippen molar-refractivity contribution < 1.29 is 0 Å². The second-order valence-electron chi connectivity index (χ2n) is 4.53. The molecule has 0 spiro atoms. The third-order valence-corrected chi connectivity index (χ3v) is 3.71. The van der Waals surface area contributed by atoms with Crippen LogP contribution < -0.4 is 10.9 Å². The molecule has 94 valence electrons. The quantitative estimate of drug-likeness (QED) is 0.888. The standard InChI is InChI=1S/C12H14N4OS/c17-12-3-10(14-4-9-1-2-9)5-15-16(12)7-11-6-13-8-18-11/h3,5-6,8-9,14H,1-2,4,7H2. The molecule has 0 amide bonds. The van der Waals surface area contributed by atoms with Gasteiger partial charge < -0.3 is 5.32 Å². The van der Waals surface area contributed by atoms with Gasteiger partial charge in [-0.05, 0) is 18.8 Å². The Kier molecular flexibility index (Phi) is 3.10. The van der Waals surface area contributed by atoms with Crippen molar-refractivity contribution in [3.05, 3.63) is 39.2 Å². The van der Waals surface area contributed by atoms with Crippen LogP contribution in [-0.2, 0) is 6.54 Å². The van der Waals surface area contributed by atoms with Crippen LogP contribution in [0.4, 0.5) is 5.69 Å². The lowest BCUT2D eigenvalue weighted by molar-refractivity contribution is 0.645. The first kappa shape index (κ1) is 11.4. The van der Waals surface area contributed by atoms with Gasteiger partial charge in [-0.15, -0.1) is 11.3 Å². The van der Waals surface area contributed by atoms with E-state index >= 15 is 0 Å². The molecule has 2 heterocycles. The largest absolute Gasteiger partial charge is 0.383 e. The third-order valence-electron chi connectivity index (χ3n) is 2.95. The summed E-state index contributed by atoms with van der Waals surface area (Å²) in [6.07, 6.45) is 6.06. The Morgan fingerprint density at radius 3 is 3.00 bits per heavy atom. The molecule has 2 aromatic rings. The summed E-state index contributed by atoms with van der Waals surface area (Å²) in [6.45, 7) is 1.44. The highest BCUT2D eigenvalue weighted by Crippen LogP contribution is 2.28. The maximum absolute atomic E-state index is 11.9. The Hall–Kier alpha value is -1.69. The van der Waals surface area contributed by atoms with E-state index in [0.29, 0.717) is 6.54 Å². The predicted octanol–water partition coefficient (Wildman–Crippen LogP) is 1.57. The number of aromatic nitrogens is 3. The van der Waals surface area contributed by atoms with E-state index in [4.69, 9.17) is 0 Å². The summed E-state index contributed by atoms with van der Waals surface area (Å²) in [5.41, 5.74) is 2.49. The lowest BCUT2D eigenvalue weighted by atomic mass is 10.4. The smallest absolute Gasteiger partial charge is 0.269 e. The summed E-state index contributed by atoms with van der Waals surface area (Å²) in [5.74, 6) is 0.782. The number of thiazole rings is 1. The van der Waals surface area contributed by atoms with Gasteiger partial charge in [0.15, 0.2) is 0 Å². The fourth-order valence-corrected chi connectivity index (χ4v) is 2.28. The van der Waals surface area contributed by atoms with Crippen molar-refractivity contribution in [2.24, 2.45) is 5.92 Å². The van der Waals surface area contributed by atoms with Gasteiger partial charge in [-0.3, -0.25) is 9.78 Å². The van der Waals surface area contributed by atoms with Crippen LogP contribution in [0.25, 0.3) is 0 Å². The molecule has 0 radical (unpaired) electrons. The number of nitrogens with one attached hydrogen (secondary N) is 1. The molecule has 18 heavy (non-hydrogen) atoms. The first-order valence-corrected chi connectivity index (χ1v) is 6.87. The van der Waals surface area contributed by atoms with Crippen molar-refractivity contribution in [3.63, 3.8) is 0 Å². The van der Waals surface area contributed by atoms with Crippen LogP contribution >= 0.6 is 11.3 Å². The van der Waals surface area contributed by atoms with Gasteiger partial charge in [-0.25, -0.2) is 4.68 Å². The summed E-state index contributed by atoms with van der Waals surface area (Å²) in [6, 6.07) is 1.61. The van der Waals surface area contributed by atoms with E-state index in [0.717, 1.165) is 23.0 Å². The Labute approximate surface area is 108 Å². The normalized spacial score (nSPS) is 14.7. The highest BCUT2D eigenvalue weighted by atomic mass is 32.1. The topological polar surface area (TPSA) is 59.8 Å². The Balaban J connectivity index is 1.69. The molecule has 3 rings (SSSR count). The minimum Gasteiger partial charge on any atom is -0.383 e. The third kappa shape index (κ3) is 2.76. The number of anilines is 1. The minimum absolute atomic E-state index is 0.0794. The molecule has 1 aliphatic rings. The second kappa shape index (κ2) is 4.89. The fourth-order valence-electron chi connectivity index (χ4n) is 1.70. The summed E-state index contributed by atoms with van der Waals surface area (Å²) in [4.78, 5) is 16.9. The summed E-state index contributed by atoms with van der Waals surface area (Å²) >= 11 is 1.53. The van der Waals surface area contributed by atoms with E-state index in [1.165, 1.54) is 28.9 Å². The fraction of sp³-hybridized carbons (Fsp3) is 0.417. The molecule has 1 aliphatic carbocycles. The van der Waals surface area contributed by atoms with Crippen LogP contribution in [0.15, 0.2) is 28.8 Å². The first-order chi connectivity index (χ1) is 8.81. The van der Waals surface area contributed by atoms with Gasteiger partial charge in [0.1, 0.15) is 0 Å². The SMILES string of the molecule is O=c1cc(NCC2CC2)cnn1Cc1cncs1. The van der Waals surface area contributed by atoms with Crippen LogP contribution in [0.3, 0.4) is 0 Å². The molecule has 1 fully saturated rings. The zero-order valence-electron chi connectivity index (χ0n) is 9.87. The van der Waals surface area contributed by atoms with E-state index < -0.39 is 0 Å². The van der Waals surface area contributed by atoms with E-state index in [-0.39, 0.29) is 5.56 Å². The molecule has 1 saturated carbocycles. The number of hydrogen-bond donors (Lipinski definition) is 1. The Bertz CT molecular complexity index is 574. The molecule has 6 heteroatoms. The van der Waals surface area contributed by atoms with Gasteiger partial charge >= 0.3 is 0 Å². The highest BCUT2D eigenvalue weighted by molar-refractivity contribution is 7.09. The van der Waals surface area contributed by atoms with Crippen molar-refractivity contribution in [1.29, 1.82) is 0 Å². The lowest BCUT2D eigenvalue weighted by Gasteiger charge is -2.06. The average Bonchev–Trinajstić information content (AvgIpc) is 3.06. The summed E-state index contributed by atoms with van der Waals surface area (Å²) in [7, 11) is 0. The first-order valence-electron chi connectivity index (χ1n) is 5.99. The van der Waals surface area contributed by atoms with Gasteiger partial charge in [-0.1, -0.05) is 0 Å². The van der Waals surface area contributed by atoms with E-state index in [1.54, 1.807) is 24.0 Å². The van der Waals surface area contributed by atoms with Gasteiger partial charge in [-0.2, -0.15) is 5.10 Å². The number of rotatable bonds is 5. The van der Waals surface area contributed by atoms with E-state index in [1.807, 2.05) is 0 Å². The van der Waals surface area contributed by atoms with Crippen molar-refractivity contribution >= 4 is 17.0 Å². The molecule has 0 unspecified atom stereocenters. The van der Waals surface area contributed by atoms with E-state index in [2.05, 4.69) is 15.4 Å². The van der Waals surface area contributed by atoms with Crippen LogP contribution in [-0.4, -0.2) is 21.3 Å². The van der Waals surface area contributed by atoms with Crippen molar-refractivity contribution in [1.82, 2.24) is 14.8 Å². The molecule has 5 nitrogen and oxygen atoms in total. The molecular formula is C12H14N4OS. The number of hydrogen-bond acceptors (Lipinski definition) is 5. The maximum Gasteiger partial charge on any atom is 0.269 e. The molecule has 2 aromatic heterocycles. The summed E-state index contributed by atoms with van der Waals surface area (Å²) < 4.78 is 1.45. The van der Waals surface area contributed by atoms with Gasteiger partial charge in [0.2, 0.25) is 0 Å². The lowest BCUT2D eigenvalue weighted by Crippen LogP contribution is -2.23. The molecule has 0 saturated heterocycles. The van der Waals surface area contributed by atoms with Gasteiger partial charge in [0.25, 0.3) is 5.56 Å². The van der Waals surface area contributed by atoms with Crippen LogP contribution in [0.5, 0.6) is 0 Å². The Morgan fingerprint density at radius 2 is 2.33 bits per heavy atom. The van der Waals surface area contributed by atoms with Crippen LogP contribution in [0.2, 0.25) is 0 Å². The van der Waals surface area contributed by atoms with Gasteiger partial charge in [0, 0.05) is 23.7 Å².